The maximum absolute atomic E-state index is 5.66. The lowest BCUT2D eigenvalue weighted by atomic mass is 10.0. The SMILES string of the molecule is CCCCCCCCCCCCCCCCOCCOCCOCC[n+]1ccccc1.[Cl-]. The van der Waals surface area contributed by atoms with Crippen molar-refractivity contribution in [1.29, 1.82) is 0 Å². The molecule has 1 rings (SSSR count). The van der Waals surface area contributed by atoms with E-state index in [-0.39, 0.29) is 12.4 Å². The van der Waals surface area contributed by atoms with E-state index in [0.29, 0.717) is 33.0 Å². The smallest absolute Gasteiger partial charge is 0.171 e. The maximum atomic E-state index is 5.66. The molecule has 1 aromatic rings. The molecule has 0 fully saturated rings. The zero-order chi connectivity index (χ0) is 22.1. The van der Waals surface area contributed by atoms with Crippen molar-refractivity contribution in [3.05, 3.63) is 30.6 Å². The van der Waals surface area contributed by atoms with Crippen molar-refractivity contribution in [2.75, 3.05) is 39.6 Å². The monoisotopic (exact) mass is 471 g/mol. The number of nitrogens with zero attached hydrogens (tertiary/aromatic N) is 1. The van der Waals surface area contributed by atoms with Gasteiger partial charge in [-0.3, -0.25) is 0 Å². The van der Waals surface area contributed by atoms with Crippen LogP contribution in [0.25, 0.3) is 0 Å². The molecule has 0 amide bonds. The lowest BCUT2D eigenvalue weighted by molar-refractivity contribution is -0.698. The van der Waals surface area contributed by atoms with Gasteiger partial charge in [-0.25, -0.2) is 4.57 Å². The molecule has 0 saturated heterocycles. The predicted molar refractivity (Wildman–Crippen MR) is 129 cm³/mol. The minimum absolute atomic E-state index is 0. The van der Waals surface area contributed by atoms with E-state index < -0.39 is 0 Å². The second-order valence-corrected chi connectivity index (χ2v) is 8.55. The fourth-order valence-corrected chi connectivity index (χ4v) is 3.69. The molecule has 0 radical (unpaired) electrons. The van der Waals surface area contributed by atoms with Crippen LogP contribution in [0.15, 0.2) is 30.6 Å². The van der Waals surface area contributed by atoms with Crippen LogP contribution in [0.4, 0.5) is 0 Å². The van der Waals surface area contributed by atoms with E-state index >= 15 is 0 Å². The molecule has 0 saturated carbocycles. The Morgan fingerprint density at radius 1 is 0.469 bits per heavy atom. The molecule has 0 atom stereocenters. The molecule has 5 heteroatoms. The van der Waals surface area contributed by atoms with Gasteiger partial charge in [0.1, 0.15) is 6.61 Å². The van der Waals surface area contributed by atoms with Gasteiger partial charge in [0.05, 0.1) is 26.4 Å². The highest BCUT2D eigenvalue weighted by Crippen LogP contribution is 2.12. The quantitative estimate of drug-likeness (QED) is 0.171. The first-order chi connectivity index (χ1) is 15.4. The lowest BCUT2D eigenvalue weighted by Gasteiger charge is -2.06. The number of unbranched alkanes of at least 4 members (excludes halogenated alkanes) is 13. The van der Waals surface area contributed by atoms with E-state index in [4.69, 9.17) is 14.2 Å². The van der Waals surface area contributed by atoms with E-state index in [1.54, 1.807) is 0 Å². The van der Waals surface area contributed by atoms with Gasteiger partial charge in [0.25, 0.3) is 0 Å². The van der Waals surface area contributed by atoms with Gasteiger partial charge < -0.3 is 26.6 Å². The number of aromatic nitrogens is 1. The van der Waals surface area contributed by atoms with E-state index in [1.807, 2.05) is 18.2 Å². The Morgan fingerprint density at radius 3 is 1.38 bits per heavy atom. The molecule has 0 aromatic carbocycles. The number of rotatable bonds is 24. The largest absolute Gasteiger partial charge is 1.00 e. The van der Waals surface area contributed by atoms with Crippen LogP contribution in [0.3, 0.4) is 0 Å². The molecule has 4 nitrogen and oxygen atoms in total. The molecule has 188 valence electrons. The van der Waals surface area contributed by atoms with Crippen LogP contribution < -0.4 is 17.0 Å². The van der Waals surface area contributed by atoms with Crippen molar-refractivity contribution >= 4 is 0 Å². The Bertz CT molecular complexity index is 461. The fraction of sp³-hybridized carbons (Fsp3) is 0.815. The third kappa shape index (κ3) is 22.5. The molecular formula is C27H50ClNO3. The molecule has 0 unspecified atom stereocenters. The van der Waals surface area contributed by atoms with Gasteiger partial charge in [-0.05, 0) is 6.42 Å². The average Bonchev–Trinajstić information content (AvgIpc) is 2.80. The molecule has 0 bridgehead atoms. The number of ether oxygens (including phenoxy) is 3. The Hall–Kier alpha value is -0.680. The van der Waals surface area contributed by atoms with E-state index in [2.05, 4.69) is 23.9 Å². The van der Waals surface area contributed by atoms with Crippen LogP contribution in [0.1, 0.15) is 96.8 Å². The molecular weight excluding hydrogens is 422 g/mol. The van der Waals surface area contributed by atoms with Crippen molar-refractivity contribution in [2.24, 2.45) is 0 Å². The second-order valence-electron chi connectivity index (χ2n) is 8.55. The average molecular weight is 472 g/mol. The van der Waals surface area contributed by atoms with Crippen LogP contribution in [-0.2, 0) is 20.8 Å². The van der Waals surface area contributed by atoms with Gasteiger partial charge in [0.2, 0.25) is 0 Å². The molecule has 1 aromatic heterocycles. The van der Waals surface area contributed by atoms with Gasteiger partial charge in [0, 0.05) is 18.7 Å². The first-order valence-corrected chi connectivity index (χ1v) is 13.1. The number of pyridine rings is 1. The van der Waals surface area contributed by atoms with Gasteiger partial charge in [0.15, 0.2) is 18.9 Å². The molecule has 0 aliphatic carbocycles. The third-order valence-electron chi connectivity index (χ3n) is 5.66. The Balaban J connectivity index is 0.00000961. The van der Waals surface area contributed by atoms with Gasteiger partial charge >= 0.3 is 0 Å². The maximum Gasteiger partial charge on any atom is 0.171 e. The van der Waals surface area contributed by atoms with Crippen molar-refractivity contribution < 1.29 is 31.2 Å². The molecule has 0 N–H and O–H groups in total. The van der Waals surface area contributed by atoms with Crippen LogP contribution in [0, 0.1) is 0 Å². The zero-order valence-electron chi connectivity index (χ0n) is 20.8. The summed E-state index contributed by atoms with van der Waals surface area (Å²) < 4.78 is 18.9. The summed E-state index contributed by atoms with van der Waals surface area (Å²) in [5.74, 6) is 0. The summed E-state index contributed by atoms with van der Waals surface area (Å²) in [6.45, 7) is 7.39. The normalized spacial score (nSPS) is 10.9. The van der Waals surface area contributed by atoms with Crippen molar-refractivity contribution in [3.8, 4) is 0 Å². The first-order valence-electron chi connectivity index (χ1n) is 13.1. The van der Waals surface area contributed by atoms with E-state index in [1.165, 1.54) is 89.9 Å². The Morgan fingerprint density at radius 2 is 0.875 bits per heavy atom. The summed E-state index contributed by atoms with van der Waals surface area (Å²) >= 11 is 0. The Kier molecular flexibility index (Phi) is 26.0. The minimum Gasteiger partial charge on any atom is -1.00 e. The fourth-order valence-electron chi connectivity index (χ4n) is 3.69. The molecule has 0 aliphatic rings. The third-order valence-corrected chi connectivity index (χ3v) is 5.66. The second kappa shape index (κ2) is 26.6. The highest BCUT2D eigenvalue weighted by Gasteiger charge is 1.98. The summed E-state index contributed by atoms with van der Waals surface area (Å²) in [7, 11) is 0. The summed E-state index contributed by atoms with van der Waals surface area (Å²) in [6.07, 6.45) is 23.6. The zero-order valence-corrected chi connectivity index (χ0v) is 21.5. The topological polar surface area (TPSA) is 31.6 Å². The van der Waals surface area contributed by atoms with Crippen LogP contribution in [0.2, 0.25) is 0 Å². The van der Waals surface area contributed by atoms with Crippen molar-refractivity contribution in [1.82, 2.24) is 0 Å². The number of halogens is 1. The highest BCUT2D eigenvalue weighted by molar-refractivity contribution is 4.83. The summed E-state index contributed by atoms with van der Waals surface area (Å²) in [6, 6.07) is 6.08. The molecule has 32 heavy (non-hydrogen) atoms. The van der Waals surface area contributed by atoms with Gasteiger partial charge in [-0.15, -0.1) is 0 Å². The minimum atomic E-state index is 0. The van der Waals surface area contributed by atoms with Crippen LogP contribution >= 0.6 is 0 Å². The van der Waals surface area contributed by atoms with Crippen molar-refractivity contribution in [2.45, 2.75) is 103 Å². The van der Waals surface area contributed by atoms with Crippen LogP contribution in [0.5, 0.6) is 0 Å². The van der Waals surface area contributed by atoms with Gasteiger partial charge in [-0.1, -0.05) is 96.5 Å². The highest BCUT2D eigenvalue weighted by atomic mass is 35.5. The standard InChI is InChI=1S/C27H50NO3.ClH/c1-2-3-4-5-6-7-8-9-10-11-12-13-14-18-22-29-24-26-31-27-25-30-23-21-28-19-16-15-17-20-28;/h15-17,19-20H,2-14,18,21-27H2,1H3;1H/q+1;/p-1. The molecule has 0 aliphatic heterocycles. The van der Waals surface area contributed by atoms with E-state index in [0.717, 1.165) is 13.2 Å². The van der Waals surface area contributed by atoms with Crippen molar-refractivity contribution in [3.63, 3.8) is 0 Å². The Labute approximate surface area is 204 Å². The summed E-state index contributed by atoms with van der Waals surface area (Å²) in [4.78, 5) is 0. The predicted octanol–water partition coefficient (Wildman–Crippen LogP) is 3.51. The summed E-state index contributed by atoms with van der Waals surface area (Å²) in [5.41, 5.74) is 0. The van der Waals surface area contributed by atoms with Crippen LogP contribution in [-0.4, -0.2) is 39.6 Å². The lowest BCUT2D eigenvalue weighted by Crippen LogP contribution is -3.00. The number of hydrogen-bond acceptors (Lipinski definition) is 3. The number of hydrogen-bond donors (Lipinski definition) is 0. The van der Waals surface area contributed by atoms with Gasteiger partial charge in [-0.2, -0.15) is 0 Å². The molecule has 0 spiro atoms. The van der Waals surface area contributed by atoms with E-state index in [9.17, 15) is 0 Å². The summed E-state index contributed by atoms with van der Waals surface area (Å²) in [5, 5.41) is 0. The first kappa shape index (κ1) is 31.3. The molecule has 1 heterocycles.